The van der Waals surface area contributed by atoms with Crippen molar-refractivity contribution in [1.82, 2.24) is 10.2 Å². The van der Waals surface area contributed by atoms with Crippen LogP contribution in [-0.4, -0.2) is 42.8 Å². The van der Waals surface area contributed by atoms with Crippen LogP contribution in [-0.2, 0) is 4.74 Å². The van der Waals surface area contributed by atoms with Crippen molar-refractivity contribution in [2.24, 2.45) is 5.92 Å². The highest BCUT2D eigenvalue weighted by Gasteiger charge is 2.26. The maximum Gasteiger partial charge on any atom is 0.410 e. The van der Waals surface area contributed by atoms with Crippen molar-refractivity contribution in [3.8, 4) is 0 Å². The molecular formula is C26H52N2O2. The minimum absolute atomic E-state index is 0.147. The van der Waals surface area contributed by atoms with Gasteiger partial charge in [-0.25, -0.2) is 4.79 Å². The first-order chi connectivity index (χ1) is 14.4. The lowest BCUT2D eigenvalue weighted by molar-refractivity contribution is 0.0181. The van der Waals surface area contributed by atoms with Gasteiger partial charge >= 0.3 is 6.09 Å². The molecule has 4 nitrogen and oxygen atoms in total. The molecule has 1 aliphatic heterocycles. The molecule has 1 N–H and O–H groups in total. The van der Waals surface area contributed by atoms with Gasteiger partial charge in [-0.1, -0.05) is 77.6 Å². The Morgan fingerprint density at radius 2 is 1.33 bits per heavy atom. The molecule has 0 unspecified atom stereocenters. The molecule has 30 heavy (non-hydrogen) atoms. The summed E-state index contributed by atoms with van der Waals surface area (Å²) in [5.74, 6) is 0.748. The van der Waals surface area contributed by atoms with Crippen molar-refractivity contribution in [3.63, 3.8) is 0 Å². The zero-order valence-electron chi connectivity index (χ0n) is 20.8. The van der Waals surface area contributed by atoms with E-state index in [1.54, 1.807) is 0 Å². The van der Waals surface area contributed by atoms with Gasteiger partial charge in [0.15, 0.2) is 0 Å². The van der Waals surface area contributed by atoms with E-state index in [1.807, 2.05) is 25.7 Å². The summed E-state index contributed by atoms with van der Waals surface area (Å²) in [6.45, 7) is 12.0. The number of amides is 1. The summed E-state index contributed by atoms with van der Waals surface area (Å²) >= 11 is 0. The standard InChI is InChI=1S/C26H52N2O2/c1-5-6-7-8-9-10-11-12-13-14-15-16-20-27-21-17-24-18-22-28(23-19-24)25(29)30-26(2,3)4/h24,27H,5-23H2,1-4H3. The largest absolute Gasteiger partial charge is 0.444 e. The summed E-state index contributed by atoms with van der Waals surface area (Å²) < 4.78 is 5.48. The van der Waals surface area contributed by atoms with Crippen LogP contribution in [0.3, 0.4) is 0 Å². The average molecular weight is 425 g/mol. The smallest absolute Gasteiger partial charge is 0.410 e. The number of unbranched alkanes of at least 4 members (excludes halogenated alkanes) is 11. The van der Waals surface area contributed by atoms with E-state index in [-0.39, 0.29) is 6.09 Å². The molecule has 0 spiro atoms. The monoisotopic (exact) mass is 424 g/mol. The van der Waals surface area contributed by atoms with Gasteiger partial charge < -0.3 is 15.0 Å². The number of likely N-dealkylation sites (tertiary alicyclic amines) is 1. The summed E-state index contributed by atoms with van der Waals surface area (Å²) in [4.78, 5) is 14.0. The number of carbonyl (C=O) groups is 1. The summed E-state index contributed by atoms with van der Waals surface area (Å²) in [6.07, 6.45) is 20.2. The Bertz CT molecular complexity index is 412. The molecule has 1 aliphatic rings. The van der Waals surface area contributed by atoms with E-state index in [2.05, 4.69) is 12.2 Å². The molecular weight excluding hydrogens is 372 g/mol. The second-order valence-electron chi connectivity index (χ2n) is 10.3. The Balaban J connectivity index is 1.84. The zero-order valence-corrected chi connectivity index (χ0v) is 20.8. The van der Waals surface area contributed by atoms with Crippen LogP contribution in [0.4, 0.5) is 4.79 Å². The van der Waals surface area contributed by atoms with E-state index in [9.17, 15) is 4.79 Å². The molecule has 1 amide bonds. The van der Waals surface area contributed by atoms with Crippen molar-refractivity contribution in [1.29, 1.82) is 0 Å². The predicted molar refractivity (Wildman–Crippen MR) is 129 cm³/mol. The lowest BCUT2D eigenvalue weighted by atomic mass is 9.94. The fraction of sp³-hybridized carbons (Fsp3) is 0.962. The van der Waals surface area contributed by atoms with Gasteiger partial charge in [-0.05, 0) is 65.5 Å². The van der Waals surface area contributed by atoms with Crippen molar-refractivity contribution < 1.29 is 9.53 Å². The quantitative estimate of drug-likeness (QED) is 0.264. The average Bonchev–Trinajstić information content (AvgIpc) is 2.70. The maximum absolute atomic E-state index is 12.1. The van der Waals surface area contributed by atoms with Gasteiger partial charge in [0.05, 0.1) is 0 Å². The predicted octanol–water partition coefficient (Wildman–Crippen LogP) is 7.31. The molecule has 4 heteroatoms. The first-order valence-corrected chi connectivity index (χ1v) is 13.1. The number of nitrogens with one attached hydrogen (secondary N) is 1. The van der Waals surface area contributed by atoms with Crippen LogP contribution >= 0.6 is 0 Å². The van der Waals surface area contributed by atoms with E-state index >= 15 is 0 Å². The Labute approximate surface area is 187 Å². The van der Waals surface area contributed by atoms with Gasteiger partial charge in [0.1, 0.15) is 5.60 Å². The van der Waals surface area contributed by atoms with Crippen LogP contribution in [0.25, 0.3) is 0 Å². The van der Waals surface area contributed by atoms with Gasteiger partial charge in [0.2, 0.25) is 0 Å². The molecule has 0 radical (unpaired) electrons. The molecule has 1 saturated heterocycles. The number of hydrogen-bond acceptors (Lipinski definition) is 3. The lowest BCUT2D eigenvalue weighted by Crippen LogP contribution is -2.42. The third-order valence-corrected chi connectivity index (χ3v) is 6.20. The minimum atomic E-state index is -0.397. The fourth-order valence-electron chi connectivity index (χ4n) is 4.25. The Morgan fingerprint density at radius 1 is 0.833 bits per heavy atom. The topological polar surface area (TPSA) is 41.6 Å². The van der Waals surface area contributed by atoms with Crippen molar-refractivity contribution in [3.05, 3.63) is 0 Å². The number of nitrogens with zero attached hydrogens (tertiary/aromatic N) is 1. The van der Waals surface area contributed by atoms with E-state index < -0.39 is 5.60 Å². The highest BCUT2D eigenvalue weighted by Crippen LogP contribution is 2.22. The van der Waals surface area contributed by atoms with Gasteiger partial charge in [-0.15, -0.1) is 0 Å². The Hall–Kier alpha value is -0.770. The molecule has 0 bridgehead atoms. The molecule has 178 valence electrons. The molecule has 0 aromatic carbocycles. The van der Waals surface area contributed by atoms with Crippen LogP contribution in [0.1, 0.15) is 124 Å². The maximum atomic E-state index is 12.1. The second-order valence-corrected chi connectivity index (χ2v) is 10.3. The van der Waals surface area contributed by atoms with Gasteiger partial charge in [-0.3, -0.25) is 0 Å². The number of ether oxygens (including phenoxy) is 1. The number of rotatable bonds is 16. The van der Waals surface area contributed by atoms with Crippen LogP contribution in [0.2, 0.25) is 0 Å². The van der Waals surface area contributed by atoms with Crippen LogP contribution < -0.4 is 5.32 Å². The van der Waals surface area contributed by atoms with Crippen LogP contribution in [0, 0.1) is 5.92 Å². The van der Waals surface area contributed by atoms with E-state index in [4.69, 9.17) is 4.74 Å². The van der Waals surface area contributed by atoms with Crippen molar-refractivity contribution in [2.45, 2.75) is 130 Å². The highest BCUT2D eigenvalue weighted by atomic mass is 16.6. The summed E-state index contributed by atoms with van der Waals surface area (Å²) in [6, 6.07) is 0. The number of carbonyl (C=O) groups excluding carboxylic acids is 1. The molecule has 1 heterocycles. The third-order valence-electron chi connectivity index (χ3n) is 6.20. The van der Waals surface area contributed by atoms with E-state index in [1.165, 1.54) is 83.5 Å². The molecule has 0 aromatic heterocycles. The third kappa shape index (κ3) is 15.1. The minimum Gasteiger partial charge on any atom is -0.444 e. The molecule has 1 rings (SSSR count). The summed E-state index contributed by atoms with van der Waals surface area (Å²) in [5, 5.41) is 3.63. The van der Waals surface area contributed by atoms with Crippen LogP contribution in [0.5, 0.6) is 0 Å². The van der Waals surface area contributed by atoms with Crippen molar-refractivity contribution in [2.75, 3.05) is 26.2 Å². The van der Waals surface area contributed by atoms with Gasteiger partial charge in [-0.2, -0.15) is 0 Å². The van der Waals surface area contributed by atoms with E-state index in [0.29, 0.717) is 0 Å². The molecule has 0 aromatic rings. The van der Waals surface area contributed by atoms with Crippen LogP contribution in [0.15, 0.2) is 0 Å². The molecule has 0 aliphatic carbocycles. The van der Waals surface area contributed by atoms with Crippen molar-refractivity contribution >= 4 is 6.09 Å². The Morgan fingerprint density at radius 3 is 1.83 bits per heavy atom. The first-order valence-electron chi connectivity index (χ1n) is 13.1. The summed E-state index contributed by atoms with van der Waals surface area (Å²) in [5.41, 5.74) is -0.397. The molecule has 0 saturated carbocycles. The SMILES string of the molecule is CCCCCCCCCCCCCCNCCC1CCN(C(=O)OC(C)(C)C)CC1. The zero-order chi connectivity index (χ0) is 22.1. The molecule has 0 atom stereocenters. The number of piperidine rings is 1. The molecule has 1 fully saturated rings. The first kappa shape index (κ1) is 27.3. The normalized spacial score (nSPS) is 15.5. The fourth-order valence-corrected chi connectivity index (χ4v) is 4.25. The van der Waals surface area contributed by atoms with Gasteiger partial charge in [0, 0.05) is 13.1 Å². The second kappa shape index (κ2) is 16.9. The summed E-state index contributed by atoms with van der Waals surface area (Å²) in [7, 11) is 0. The van der Waals surface area contributed by atoms with E-state index in [0.717, 1.165) is 44.9 Å². The Kier molecular flexibility index (Phi) is 15.3. The highest BCUT2D eigenvalue weighted by molar-refractivity contribution is 5.68. The number of hydrogen-bond donors (Lipinski definition) is 1. The lowest BCUT2D eigenvalue weighted by Gasteiger charge is -2.33. The van der Waals surface area contributed by atoms with Gasteiger partial charge in [0.25, 0.3) is 0 Å².